The summed E-state index contributed by atoms with van der Waals surface area (Å²) in [5, 5.41) is 8.89. The Kier molecular flexibility index (Phi) is 6.07. The van der Waals surface area contributed by atoms with E-state index in [0.717, 1.165) is 27.3 Å². The molecular formula is C28H19ClN2O3S. The fourth-order valence-corrected chi connectivity index (χ4v) is 4.54. The number of amides is 1. The molecule has 0 radical (unpaired) electrons. The number of rotatable bonds is 3. The molecule has 1 amide bonds. The number of hydrogen-bond donors (Lipinski definition) is 2. The van der Waals surface area contributed by atoms with Crippen molar-refractivity contribution in [3.8, 4) is 11.1 Å². The lowest BCUT2D eigenvalue weighted by Crippen LogP contribution is -2.34. The minimum atomic E-state index is -0.398. The van der Waals surface area contributed by atoms with Crippen molar-refractivity contribution in [2.75, 3.05) is 5.32 Å². The SMILES string of the molecule is Cc1cc(NC(=S)NC(=O)c2cccc3c(Cl)cccc23)ccc1-c1cc2ccccc2oc1=O. The third kappa shape index (κ3) is 4.54. The maximum Gasteiger partial charge on any atom is 0.344 e. The van der Waals surface area contributed by atoms with Crippen molar-refractivity contribution in [3.63, 3.8) is 0 Å². The second-order valence-electron chi connectivity index (χ2n) is 8.06. The molecule has 1 aromatic heterocycles. The second-order valence-corrected chi connectivity index (χ2v) is 8.88. The van der Waals surface area contributed by atoms with Crippen molar-refractivity contribution in [2.45, 2.75) is 6.92 Å². The highest BCUT2D eigenvalue weighted by atomic mass is 35.5. The van der Waals surface area contributed by atoms with E-state index in [1.807, 2.05) is 55.5 Å². The first-order valence-corrected chi connectivity index (χ1v) is 11.6. The Labute approximate surface area is 211 Å². The van der Waals surface area contributed by atoms with E-state index in [2.05, 4.69) is 10.6 Å². The van der Waals surface area contributed by atoms with E-state index in [1.165, 1.54) is 0 Å². The molecule has 35 heavy (non-hydrogen) atoms. The van der Waals surface area contributed by atoms with Crippen LogP contribution in [0.2, 0.25) is 5.02 Å². The van der Waals surface area contributed by atoms with Crippen LogP contribution in [0, 0.1) is 6.92 Å². The molecular weight excluding hydrogens is 480 g/mol. The normalized spacial score (nSPS) is 10.9. The fourth-order valence-electron chi connectivity index (χ4n) is 4.10. The molecule has 0 saturated heterocycles. The number of carbonyl (C=O) groups excluding carboxylic acids is 1. The fraction of sp³-hybridized carbons (Fsp3) is 0.0357. The van der Waals surface area contributed by atoms with Gasteiger partial charge in [-0.05, 0) is 72.1 Å². The summed E-state index contributed by atoms with van der Waals surface area (Å²) in [5.41, 5.74) is 3.41. The lowest BCUT2D eigenvalue weighted by atomic mass is 10.0. The molecule has 2 N–H and O–H groups in total. The zero-order valence-corrected chi connectivity index (χ0v) is 20.2. The predicted octanol–water partition coefficient (Wildman–Crippen LogP) is 6.70. The quantitative estimate of drug-likeness (QED) is 0.214. The van der Waals surface area contributed by atoms with E-state index in [-0.39, 0.29) is 11.0 Å². The minimum absolute atomic E-state index is 0.159. The molecule has 5 aromatic rings. The van der Waals surface area contributed by atoms with Gasteiger partial charge in [0.1, 0.15) is 5.58 Å². The highest BCUT2D eigenvalue weighted by molar-refractivity contribution is 7.80. The van der Waals surface area contributed by atoms with Gasteiger partial charge in [0, 0.05) is 27.0 Å². The molecule has 0 aliphatic carbocycles. The van der Waals surface area contributed by atoms with Crippen molar-refractivity contribution >= 4 is 62.3 Å². The van der Waals surface area contributed by atoms with Crippen LogP contribution in [0.3, 0.4) is 0 Å². The molecule has 0 aliphatic rings. The van der Waals surface area contributed by atoms with Gasteiger partial charge in [-0.2, -0.15) is 0 Å². The molecule has 0 unspecified atom stereocenters. The summed E-state index contributed by atoms with van der Waals surface area (Å²) in [7, 11) is 0. The molecule has 0 spiro atoms. The van der Waals surface area contributed by atoms with Gasteiger partial charge in [0.05, 0.1) is 5.56 Å². The predicted molar refractivity (Wildman–Crippen MR) is 145 cm³/mol. The van der Waals surface area contributed by atoms with Crippen molar-refractivity contribution < 1.29 is 9.21 Å². The first-order chi connectivity index (χ1) is 16.9. The molecule has 172 valence electrons. The van der Waals surface area contributed by atoms with Crippen molar-refractivity contribution in [1.82, 2.24) is 5.32 Å². The van der Waals surface area contributed by atoms with Gasteiger partial charge in [-0.15, -0.1) is 0 Å². The first kappa shape index (κ1) is 22.8. The van der Waals surface area contributed by atoms with Crippen LogP contribution in [0.5, 0.6) is 0 Å². The Morgan fingerprint density at radius 3 is 2.49 bits per heavy atom. The van der Waals surface area contributed by atoms with Crippen molar-refractivity contribution in [1.29, 1.82) is 0 Å². The maximum absolute atomic E-state index is 12.9. The second kappa shape index (κ2) is 9.33. The van der Waals surface area contributed by atoms with E-state index in [9.17, 15) is 9.59 Å². The van der Waals surface area contributed by atoms with E-state index < -0.39 is 5.63 Å². The minimum Gasteiger partial charge on any atom is -0.422 e. The number of nitrogens with one attached hydrogen (secondary N) is 2. The van der Waals surface area contributed by atoms with Gasteiger partial charge in [-0.25, -0.2) is 4.79 Å². The Morgan fingerprint density at radius 1 is 0.886 bits per heavy atom. The Morgan fingerprint density at radius 2 is 1.66 bits per heavy atom. The molecule has 0 aliphatic heterocycles. The Balaban J connectivity index is 1.35. The van der Waals surface area contributed by atoms with Gasteiger partial charge in [0.2, 0.25) is 0 Å². The maximum atomic E-state index is 12.9. The van der Waals surface area contributed by atoms with Gasteiger partial charge in [-0.3, -0.25) is 10.1 Å². The molecule has 7 heteroatoms. The van der Waals surface area contributed by atoms with Crippen LogP contribution in [0.4, 0.5) is 5.69 Å². The summed E-state index contributed by atoms with van der Waals surface area (Å²) < 4.78 is 5.47. The van der Waals surface area contributed by atoms with Crippen LogP contribution >= 0.6 is 23.8 Å². The van der Waals surface area contributed by atoms with E-state index >= 15 is 0 Å². The summed E-state index contributed by atoms with van der Waals surface area (Å²) in [6.45, 7) is 1.90. The summed E-state index contributed by atoms with van der Waals surface area (Å²) in [6.07, 6.45) is 0. The number of benzene rings is 4. The van der Waals surface area contributed by atoms with Gasteiger partial charge in [0.15, 0.2) is 5.11 Å². The number of aryl methyl sites for hydroxylation is 1. The third-order valence-corrected chi connectivity index (χ3v) is 6.29. The third-order valence-electron chi connectivity index (χ3n) is 5.76. The number of hydrogen-bond acceptors (Lipinski definition) is 4. The average Bonchev–Trinajstić information content (AvgIpc) is 2.84. The zero-order valence-electron chi connectivity index (χ0n) is 18.6. The summed E-state index contributed by atoms with van der Waals surface area (Å²) in [4.78, 5) is 25.5. The monoisotopic (exact) mass is 498 g/mol. The Hall–Kier alpha value is -4.00. The van der Waals surface area contributed by atoms with Gasteiger partial charge in [-0.1, -0.05) is 60.1 Å². The lowest BCUT2D eigenvalue weighted by molar-refractivity contribution is 0.0979. The number of anilines is 1. The van der Waals surface area contributed by atoms with Crippen LogP contribution in [0.15, 0.2) is 94.1 Å². The molecule has 0 atom stereocenters. The summed E-state index contributed by atoms with van der Waals surface area (Å²) >= 11 is 11.6. The van der Waals surface area contributed by atoms with Crippen LogP contribution in [0.1, 0.15) is 15.9 Å². The Bertz CT molecular complexity index is 1690. The van der Waals surface area contributed by atoms with E-state index in [1.54, 1.807) is 36.4 Å². The number of fused-ring (bicyclic) bond motifs is 2. The van der Waals surface area contributed by atoms with Gasteiger partial charge < -0.3 is 9.73 Å². The van der Waals surface area contributed by atoms with Crippen molar-refractivity contribution in [2.24, 2.45) is 0 Å². The summed E-state index contributed by atoms with van der Waals surface area (Å²) in [6, 6.07) is 25.5. The average molecular weight is 499 g/mol. The number of thiocarbonyl (C=S) groups is 1. The molecule has 4 aromatic carbocycles. The molecule has 0 fully saturated rings. The largest absolute Gasteiger partial charge is 0.422 e. The van der Waals surface area contributed by atoms with Crippen LogP contribution in [0.25, 0.3) is 32.9 Å². The molecule has 5 nitrogen and oxygen atoms in total. The summed E-state index contributed by atoms with van der Waals surface area (Å²) in [5.74, 6) is -0.336. The molecule has 0 saturated carbocycles. The van der Waals surface area contributed by atoms with Crippen LogP contribution in [-0.4, -0.2) is 11.0 Å². The van der Waals surface area contributed by atoms with E-state index in [0.29, 0.717) is 27.4 Å². The highest BCUT2D eigenvalue weighted by Crippen LogP contribution is 2.27. The zero-order chi connectivity index (χ0) is 24.5. The van der Waals surface area contributed by atoms with Gasteiger partial charge >= 0.3 is 5.63 Å². The molecule has 5 rings (SSSR count). The highest BCUT2D eigenvalue weighted by Gasteiger charge is 2.14. The first-order valence-electron chi connectivity index (χ1n) is 10.8. The topological polar surface area (TPSA) is 71.3 Å². The number of halogens is 1. The molecule has 0 bridgehead atoms. The molecule has 1 heterocycles. The lowest BCUT2D eigenvalue weighted by Gasteiger charge is -2.13. The van der Waals surface area contributed by atoms with Gasteiger partial charge in [0.25, 0.3) is 5.91 Å². The standard InChI is InChI=1S/C28H19ClN2O3S/c1-16-14-18(12-13-19(16)23-15-17-6-2-3-11-25(17)34-27(23)33)30-28(35)31-26(32)22-9-4-8-21-20(22)7-5-10-24(21)29/h2-15H,1H3,(H2,30,31,32,35). The van der Waals surface area contributed by atoms with Crippen LogP contribution in [-0.2, 0) is 0 Å². The smallest absolute Gasteiger partial charge is 0.344 e. The van der Waals surface area contributed by atoms with E-state index in [4.69, 9.17) is 28.2 Å². The number of carbonyl (C=O) groups is 1. The van der Waals surface area contributed by atoms with Crippen molar-refractivity contribution in [3.05, 3.63) is 111 Å². The van der Waals surface area contributed by atoms with Crippen LogP contribution < -0.4 is 16.3 Å². The number of para-hydroxylation sites is 1.